The van der Waals surface area contributed by atoms with Crippen molar-refractivity contribution in [3.05, 3.63) is 18.1 Å². The molecule has 100 valence electrons. The number of carbonyl (C=O) groups is 1. The van der Waals surface area contributed by atoms with Gasteiger partial charge in [0.25, 0.3) is 0 Å². The van der Waals surface area contributed by atoms with Gasteiger partial charge in [-0.25, -0.2) is 14.8 Å². The number of nitrogens with zero attached hydrogens (tertiary/aromatic N) is 3. The smallest absolute Gasteiger partial charge is 0.358 e. The minimum absolute atomic E-state index is 0.0356. The molecule has 0 aromatic carbocycles. The third kappa shape index (κ3) is 3.96. The van der Waals surface area contributed by atoms with Gasteiger partial charge in [-0.05, 0) is 20.5 Å². The van der Waals surface area contributed by atoms with E-state index in [2.05, 4.69) is 27.1 Å². The Morgan fingerprint density at radius 1 is 1.44 bits per heavy atom. The summed E-state index contributed by atoms with van der Waals surface area (Å²) in [7, 11) is 4.02. The molecule has 6 nitrogen and oxygen atoms in total. The average molecular weight is 252 g/mol. The molecule has 1 heterocycles. The van der Waals surface area contributed by atoms with Gasteiger partial charge >= 0.3 is 5.97 Å². The van der Waals surface area contributed by atoms with Crippen LogP contribution in [0.2, 0.25) is 0 Å². The number of carboxylic acids is 1. The maximum atomic E-state index is 11.0. The van der Waals surface area contributed by atoms with Crippen LogP contribution in [0.1, 0.15) is 30.3 Å². The van der Waals surface area contributed by atoms with Crippen LogP contribution in [-0.2, 0) is 0 Å². The van der Waals surface area contributed by atoms with Crippen molar-refractivity contribution < 1.29 is 9.90 Å². The molecule has 6 heteroatoms. The average Bonchev–Trinajstić information content (AvgIpc) is 2.34. The summed E-state index contributed by atoms with van der Waals surface area (Å²) in [6, 6.07) is 0.346. The Hall–Kier alpha value is -1.69. The van der Waals surface area contributed by atoms with Gasteiger partial charge in [0.2, 0.25) is 0 Å². The van der Waals surface area contributed by atoms with Crippen molar-refractivity contribution in [1.29, 1.82) is 0 Å². The molecule has 0 radical (unpaired) electrons. The Kier molecular flexibility index (Phi) is 5.51. The summed E-state index contributed by atoms with van der Waals surface area (Å²) in [6.45, 7) is 2.78. The van der Waals surface area contributed by atoms with Gasteiger partial charge in [-0.1, -0.05) is 13.3 Å². The molecule has 1 aromatic rings. The van der Waals surface area contributed by atoms with Crippen molar-refractivity contribution in [1.82, 2.24) is 14.9 Å². The van der Waals surface area contributed by atoms with Crippen molar-refractivity contribution in [2.75, 3.05) is 26.0 Å². The molecule has 0 unspecified atom stereocenters. The van der Waals surface area contributed by atoms with Crippen LogP contribution in [0.25, 0.3) is 0 Å². The molecule has 1 aromatic heterocycles. The lowest BCUT2D eigenvalue weighted by atomic mass is 10.1. The molecular formula is C12H20N4O2. The summed E-state index contributed by atoms with van der Waals surface area (Å²) in [4.78, 5) is 20.9. The molecule has 0 aliphatic rings. The number of aromatic carboxylic acids is 1. The highest BCUT2D eigenvalue weighted by Crippen LogP contribution is 2.10. The number of rotatable bonds is 7. The third-order valence-electron chi connectivity index (χ3n) is 2.76. The highest BCUT2D eigenvalue weighted by molar-refractivity contribution is 5.90. The number of anilines is 1. The van der Waals surface area contributed by atoms with Crippen molar-refractivity contribution in [2.45, 2.75) is 25.8 Å². The zero-order valence-electron chi connectivity index (χ0n) is 11.1. The summed E-state index contributed by atoms with van der Waals surface area (Å²) in [5, 5.41) is 12.1. The Balaban J connectivity index is 2.70. The van der Waals surface area contributed by atoms with Crippen LogP contribution >= 0.6 is 0 Å². The monoisotopic (exact) mass is 252 g/mol. The van der Waals surface area contributed by atoms with Crippen molar-refractivity contribution >= 4 is 11.8 Å². The zero-order chi connectivity index (χ0) is 13.5. The van der Waals surface area contributed by atoms with E-state index in [1.54, 1.807) is 0 Å². The van der Waals surface area contributed by atoms with E-state index in [0.717, 1.165) is 12.8 Å². The van der Waals surface area contributed by atoms with E-state index >= 15 is 0 Å². The van der Waals surface area contributed by atoms with Crippen LogP contribution in [0.4, 0.5) is 5.82 Å². The molecule has 0 aliphatic heterocycles. The van der Waals surface area contributed by atoms with Crippen LogP contribution in [-0.4, -0.2) is 52.6 Å². The first kappa shape index (κ1) is 14.4. The van der Waals surface area contributed by atoms with Gasteiger partial charge in [-0.2, -0.15) is 0 Å². The standard InChI is InChI=1S/C12H20N4O2/c1-4-5-9(16(2)3)8-15-11-10(12(17)18)13-6-7-14-11/h6-7,9H,4-5,8H2,1-3H3,(H,14,15)(H,17,18)/t9-/m1/s1. The minimum Gasteiger partial charge on any atom is -0.476 e. The Labute approximate surface area is 107 Å². The maximum absolute atomic E-state index is 11.0. The second-order valence-corrected chi connectivity index (χ2v) is 4.35. The van der Waals surface area contributed by atoms with Crippen molar-refractivity contribution in [3.8, 4) is 0 Å². The van der Waals surface area contributed by atoms with E-state index < -0.39 is 5.97 Å². The molecule has 18 heavy (non-hydrogen) atoms. The molecule has 0 saturated carbocycles. The molecule has 0 amide bonds. The fourth-order valence-electron chi connectivity index (χ4n) is 1.71. The molecule has 0 fully saturated rings. The van der Waals surface area contributed by atoms with E-state index in [9.17, 15) is 4.79 Å². The van der Waals surface area contributed by atoms with Crippen LogP contribution in [0.3, 0.4) is 0 Å². The number of hydrogen-bond donors (Lipinski definition) is 2. The molecule has 0 saturated heterocycles. The van der Waals surface area contributed by atoms with Gasteiger partial charge in [0.15, 0.2) is 11.5 Å². The highest BCUT2D eigenvalue weighted by Gasteiger charge is 2.15. The summed E-state index contributed by atoms with van der Waals surface area (Å²) in [5.41, 5.74) is -0.0356. The lowest BCUT2D eigenvalue weighted by Crippen LogP contribution is -2.34. The van der Waals surface area contributed by atoms with E-state index in [0.29, 0.717) is 18.4 Å². The van der Waals surface area contributed by atoms with Gasteiger partial charge in [0.1, 0.15) is 0 Å². The van der Waals surface area contributed by atoms with Crippen LogP contribution in [0, 0.1) is 0 Å². The number of carboxylic acid groups (broad SMARTS) is 1. The normalized spacial score (nSPS) is 12.4. The van der Waals surface area contributed by atoms with E-state index in [1.165, 1.54) is 12.4 Å². The second kappa shape index (κ2) is 6.90. The van der Waals surface area contributed by atoms with Crippen LogP contribution in [0.15, 0.2) is 12.4 Å². The summed E-state index contributed by atoms with van der Waals surface area (Å²) in [6.07, 6.45) is 4.99. The summed E-state index contributed by atoms with van der Waals surface area (Å²) >= 11 is 0. The quantitative estimate of drug-likeness (QED) is 0.762. The fraction of sp³-hybridized carbons (Fsp3) is 0.583. The Bertz CT molecular complexity index is 395. The molecule has 1 rings (SSSR count). The van der Waals surface area contributed by atoms with Gasteiger partial charge in [0, 0.05) is 25.0 Å². The Morgan fingerprint density at radius 3 is 2.67 bits per heavy atom. The van der Waals surface area contributed by atoms with Gasteiger partial charge in [-0.15, -0.1) is 0 Å². The summed E-state index contributed by atoms with van der Waals surface area (Å²) < 4.78 is 0. The first-order valence-electron chi connectivity index (χ1n) is 6.00. The molecule has 0 bridgehead atoms. The number of likely N-dealkylation sites (N-methyl/N-ethyl adjacent to an activating group) is 1. The van der Waals surface area contributed by atoms with Crippen molar-refractivity contribution in [2.24, 2.45) is 0 Å². The first-order valence-corrected chi connectivity index (χ1v) is 6.00. The van der Waals surface area contributed by atoms with Gasteiger partial charge in [-0.3, -0.25) is 0 Å². The van der Waals surface area contributed by atoms with E-state index in [4.69, 9.17) is 5.11 Å². The zero-order valence-corrected chi connectivity index (χ0v) is 11.1. The largest absolute Gasteiger partial charge is 0.476 e. The number of aromatic nitrogens is 2. The maximum Gasteiger partial charge on any atom is 0.358 e. The van der Waals surface area contributed by atoms with E-state index in [-0.39, 0.29) is 5.69 Å². The molecule has 0 aliphatic carbocycles. The molecule has 0 spiro atoms. The number of hydrogen-bond acceptors (Lipinski definition) is 5. The Morgan fingerprint density at radius 2 is 2.11 bits per heavy atom. The predicted molar refractivity (Wildman–Crippen MR) is 69.9 cm³/mol. The van der Waals surface area contributed by atoms with Crippen LogP contribution < -0.4 is 5.32 Å². The van der Waals surface area contributed by atoms with Gasteiger partial charge < -0.3 is 15.3 Å². The highest BCUT2D eigenvalue weighted by atomic mass is 16.4. The first-order chi connectivity index (χ1) is 8.56. The van der Waals surface area contributed by atoms with E-state index in [1.807, 2.05) is 14.1 Å². The van der Waals surface area contributed by atoms with Crippen LogP contribution in [0.5, 0.6) is 0 Å². The van der Waals surface area contributed by atoms with Crippen molar-refractivity contribution in [3.63, 3.8) is 0 Å². The SMILES string of the molecule is CCC[C@H](CNc1nccnc1C(=O)O)N(C)C. The number of nitrogens with one attached hydrogen (secondary N) is 1. The van der Waals surface area contributed by atoms with Gasteiger partial charge in [0.05, 0.1) is 0 Å². The molecule has 2 N–H and O–H groups in total. The second-order valence-electron chi connectivity index (χ2n) is 4.35. The predicted octanol–water partition coefficient (Wildman–Crippen LogP) is 1.32. The topological polar surface area (TPSA) is 78.3 Å². The third-order valence-corrected chi connectivity index (χ3v) is 2.76. The lowest BCUT2D eigenvalue weighted by Gasteiger charge is -2.24. The molecule has 1 atom stereocenters. The fourth-order valence-corrected chi connectivity index (χ4v) is 1.71. The summed E-state index contributed by atoms with van der Waals surface area (Å²) in [5.74, 6) is -0.740. The molecular weight excluding hydrogens is 232 g/mol. The lowest BCUT2D eigenvalue weighted by molar-refractivity contribution is 0.0691. The minimum atomic E-state index is -1.07.